The smallest absolute Gasteiger partial charge is 0.318 e. The zero-order chi connectivity index (χ0) is 19.8. The molecule has 0 aromatic heterocycles. The van der Waals surface area contributed by atoms with E-state index >= 15 is 0 Å². The minimum absolute atomic E-state index is 0.0862. The first-order valence-corrected chi connectivity index (χ1v) is 9.34. The monoisotopic (exact) mass is 374 g/mol. The highest BCUT2D eigenvalue weighted by molar-refractivity contribution is 6.00. The van der Waals surface area contributed by atoms with E-state index in [1.807, 2.05) is 39.8 Å². The fraction of sp³-hybridized carbons (Fsp3) is 0.619. The van der Waals surface area contributed by atoms with Crippen LogP contribution >= 0.6 is 0 Å². The van der Waals surface area contributed by atoms with Crippen molar-refractivity contribution in [3.05, 3.63) is 35.1 Å². The first kappa shape index (κ1) is 18.4. The Morgan fingerprint density at radius 1 is 1.33 bits per heavy atom. The average Bonchev–Trinajstić information content (AvgIpc) is 3.16. The third kappa shape index (κ3) is 2.08. The maximum Gasteiger partial charge on any atom is 0.318 e. The zero-order valence-electron chi connectivity index (χ0n) is 16.6. The third-order valence-electron chi connectivity index (χ3n) is 6.84. The lowest BCUT2D eigenvalue weighted by Gasteiger charge is -2.38. The molecule has 0 aromatic carbocycles. The zero-order valence-corrected chi connectivity index (χ0v) is 16.6. The van der Waals surface area contributed by atoms with Gasteiger partial charge in [-0.05, 0) is 51.8 Å². The van der Waals surface area contributed by atoms with E-state index in [1.54, 1.807) is 14.0 Å². The van der Waals surface area contributed by atoms with Gasteiger partial charge in [-0.3, -0.25) is 9.59 Å². The van der Waals surface area contributed by atoms with E-state index in [2.05, 4.69) is 0 Å². The largest absolute Gasteiger partial charge is 0.479 e. The molecule has 4 aliphatic heterocycles. The van der Waals surface area contributed by atoms with Gasteiger partial charge < -0.3 is 18.9 Å². The van der Waals surface area contributed by atoms with Crippen molar-refractivity contribution in [3.63, 3.8) is 0 Å². The van der Waals surface area contributed by atoms with Gasteiger partial charge in [0, 0.05) is 25.5 Å². The molecule has 0 radical (unpaired) electrons. The second-order valence-electron chi connectivity index (χ2n) is 8.31. The number of ketones is 1. The van der Waals surface area contributed by atoms with Gasteiger partial charge in [0.25, 0.3) is 0 Å². The number of hydrogen-bond donors (Lipinski definition) is 0. The summed E-state index contributed by atoms with van der Waals surface area (Å²) in [7, 11) is 1.55. The number of allylic oxidation sites excluding steroid dienone is 2. The molecular weight excluding hydrogens is 348 g/mol. The van der Waals surface area contributed by atoms with E-state index in [4.69, 9.17) is 18.9 Å². The highest BCUT2D eigenvalue weighted by atomic mass is 16.7. The van der Waals surface area contributed by atoms with Crippen LogP contribution in [0.4, 0.5) is 0 Å². The predicted molar refractivity (Wildman–Crippen MR) is 96.5 cm³/mol. The van der Waals surface area contributed by atoms with E-state index in [0.717, 1.165) is 11.1 Å². The number of carbonyl (C=O) groups excluding carboxylic acids is 2. The minimum atomic E-state index is -1.24. The first-order chi connectivity index (χ1) is 12.6. The fourth-order valence-corrected chi connectivity index (χ4v) is 5.19. The molecule has 0 unspecified atom stereocenters. The van der Waals surface area contributed by atoms with Crippen molar-refractivity contribution in [1.29, 1.82) is 0 Å². The summed E-state index contributed by atoms with van der Waals surface area (Å²) in [5, 5.41) is 0. The Morgan fingerprint density at radius 3 is 2.67 bits per heavy atom. The van der Waals surface area contributed by atoms with Crippen LogP contribution in [0.2, 0.25) is 0 Å². The number of rotatable bonds is 2. The lowest BCUT2D eigenvalue weighted by molar-refractivity contribution is -0.234. The van der Waals surface area contributed by atoms with E-state index in [1.165, 1.54) is 6.08 Å². The molecule has 0 N–H and O–H groups in total. The highest BCUT2D eigenvalue weighted by Crippen LogP contribution is 2.62. The molecule has 2 saturated heterocycles. The summed E-state index contributed by atoms with van der Waals surface area (Å²) >= 11 is 0. The molecule has 4 rings (SSSR count). The normalized spacial score (nSPS) is 47.9. The van der Waals surface area contributed by atoms with Crippen molar-refractivity contribution in [2.45, 2.75) is 64.6 Å². The molecule has 0 amide bonds. The molecule has 2 fully saturated rings. The van der Waals surface area contributed by atoms with Gasteiger partial charge >= 0.3 is 5.97 Å². The SMILES string of the molecule is C/C=C(/C)[C@@]1(OC)O[C@H]2C[C@@]3(C)OC(=CC3=O)/C(C)=C\[C@H]3OC(=O)[C@@]1(C)[C@H]23. The second kappa shape index (κ2) is 5.55. The molecule has 0 spiro atoms. The molecular formula is C21H26O6. The highest BCUT2D eigenvalue weighted by Gasteiger charge is 2.75. The lowest BCUT2D eigenvalue weighted by Crippen LogP contribution is -2.51. The predicted octanol–water partition coefficient (Wildman–Crippen LogP) is 2.83. The maximum absolute atomic E-state index is 13.1. The number of ether oxygens (including phenoxy) is 4. The summed E-state index contributed by atoms with van der Waals surface area (Å²) in [6.45, 7) is 9.27. The van der Waals surface area contributed by atoms with Crippen molar-refractivity contribution in [1.82, 2.24) is 0 Å². The van der Waals surface area contributed by atoms with Crippen molar-refractivity contribution in [2.75, 3.05) is 7.11 Å². The Morgan fingerprint density at radius 2 is 2.04 bits per heavy atom. The number of methoxy groups -OCH3 is 1. The molecule has 0 saturated carbocycles. The van der Waals surface area contributed by atoms with Crippen LogP contribution in [0.1, 0.15) is 41.0 Å². The Hall–Kier alpha value is -1.92. The van der Waals surface area contributed by atoms with Crippen molar-refractivity contribution in [2.24, 2.45) is 11.3 Å². The van der Waals surface area contributed by atoms with Gasteiger partial charge in [-0.2, -0.15) is 0 Å². The fourth-order valence-electron chi connectivity index (χ4n) is 5.19. The molecule has 0 aromatic rings. The van der Waals surface area contributed by atoms with E-state index in [-0.39, 0.29) is 17.7 Å². The van der Waals surface area contributed by atoms with Gasteiger partial charge in [0.1, 0.15) is 17.3 Å². The third-order valence-corrected chi connectivity index (χ3v) is 6.84. The van der Waals surface area contributed by atoms with Gasteiger partial charge in [0.05, 0.1) is 6.10 Å². The summed E-state index contributed by atoms with van der Waals surface area (Å²) in [5.74, 6) is -1.42. The van der Waals surface area contributed by atoms with E-state index in [0.29, 0.717) is 12.2 Å². The molecule has 4 aliphatic rings. The molecule has 6 heteroatoms. The molecule has 4 heterocycles. The summed E-state index contributed by atoms with van der Waals surface area (Å²) in [6.07, 6.45) is 4.71. The van der Waals surface area contributed by atoms with Crippen LogP contribution in [0.25, 0.3) is 0 Å². The number of carbonyl (C=O) groups is 2. The molecule has 0 aliphatic carbocycles. The number of hydrogen-bond acceptors (Lipinski definition) is 6. The number of fused-ring (bicyclic) bond motifs is 2. The summed E-state index contributed by atoms with van der Waals surface area (Å²) < 4.78 is 24.2. The molecule has 2 bridgehead atoms. The number of esters is 1. The van der Waals surface area contributed by atoms with Crippen LogP contribution in [-0.2, 0) is 28.5 Å². The maximum atomic E-state index is 13.1. The van der Waals surface area contributed by atoms with Gasteiger partial charge in [0.2, 0.25) is 11.6 Å². The molecule has 146 valence electrons. The summed E-state index contributed by atoms with van der Waals surface area (Å²) in [5.41, 5.74) is -0.461. The molecule has 27 heavy (non-hydrogen) atoms. The van der Waals surface area contributed by atoms with Crippen LogP contribution in [0.5, 0.6) is 0 Å². The van der Waals surface area contributed by atoms with Crippen LogP contribution in [0, 0.1) is 11.3 Å². The molecule has 6 atom stereocenters. The van der Waals surface area contributed by atoms with E-state index < -0.39 is 29.0 Å². The quantitative estimate of drug-likeness (QED) is 0.547. The van der Waals surface area contributed by atoms with E-state index in [9.17, 15) is 9.59 Å². The lowest BCUT2D eigenvalue weighted by atomic mass is 9.67. The van der Waals surface area contributed by atoms with Crippen molar-refractivity contribution < 1.29 is 28.5 Å². The Labute approximate surface area is 159 Å². The van der Waals surface area contributed by atoms with Crippen LogP contribution in [0.3, 0.4) is 0 Å². The summed E-state index contributed by atoms with van der Waals surface area (Å²) in [4.78, 5) is 25.8. The first-order valence-electron chi connectivity index (χ1n) is 9.34. The van der Waals surface area contributed by atoms with Crippen LogP contribution in [0.15, 0.2) is 35.1 Å². The second-order valence-corrected chi connectivity index (χ2v) is 8.31. The van der Waals surface area contributed by atoms with Crippen molar-refractivity contribution >= 4 is 11.8 Å². The van der Waals surface area contributed by atoms with Gasteiger partial charge in [-0.15, -0.1) is 0 Å². The topological polar surface area (TPSA) is 71.1 Å². The van der Waals surface area contributed by atoms with Crippen LogP contribution in [-0.4, -0.2) is 42.5 Å². The van der Waals surface area contributed by atoms with Crippen LogP contribution < -0.4 is 0 Å². The van der Waals surface area contributed by atoms with Gasteiger partial charge in [-0.25, -0.2) is 0 Å². The Kier molecular flexibility index (Phi) is 3.79. The Bertz CT molecular complexity index is 823. The minimum Gasteiger partial charge on any atom is -0.479 e. The van der Waals surface area contributed by atoms with Gasteiger partial charge in [-0.1, -0.05) is 6.08 Å². The van der Waals surface area contributed by atoms with Gasteiger partial charge in [0.15, 0.2) is 5.60 Å². The standard InChI is InChI=1S/C21H26O6/c1-7-12(3)21(24-6)20(5)17-14(25-18(20)23)8-11(2)13-9-16(22)19(4,26-13)10-15(17)27-21/h7-9,14-15,17H,10H2,1-6H3/b11-8-,12-7-/t14-,15+,17+,19-,20-,21-/m1/s1. The van der Waals surface area contributed by atoms with Crippen molar-refractivity contribution in [3.8, 4) is 0 Å². The Balaban J connectivity index is 1.92. The summed E-state index contributed by atoms with van der Waals surface area (Å²) in [6, 6.07) is 0. The average molecular weight is 374 g/mol. The molecule has 6 nitrogen and oxygen atoms in total.